The van der Waals surface area contributed by atoms with Crippen LogP contribution in [0.15, 0.2) is 42.6 Å². The van der Waals surface area contributed by atoms with Gasteiger partial charge in [0.25, 0.3) is 0 Å². The fraction of sp³-hybridized carbons (Fsp3) is 0.118. The maximum atomic E-state index is 12.5. The second-order valence-corrected chi connectivity index (χ2v) is 5.95. The van der Waals surface area contributed by atoms with E-state index in [0.29, 0.717) is 22.0 Å². The number of hydrogen-bond acceptors (Lipinski definition) is 1. The first kappa shape index (κ1) is 14.2. The van der Waals surface area contributed by atoms with Crippen LogP contribution in [0, 0.1) is 6.92 Å². The van der Waals surface area contributed by atoms with Crippen molar-refractivity contribution >= 4 is 39.9 Å². The lowest BCUT2D eigenvalue weighted by Gasteiger charge is -2.03. The van der Waals surface area contributed by atoms with Gasteiger partial charge in [-0.1, -0.05) is 53.0 Å². The van der Waals surface area contributed by atoms with Gasteiger partial charge in [0.15, 0.2) is 5.78 Å². The summed E-state index contributed by atoms with van der Waals surface area (Å²) in [7, 11) is 0. The van der Waals surface area contributed by atoms with Gasteiger partial charge in [-0.25, -0.2) is 0 Å². The van der Waals surface area contributed by atoms with E-state index in [9.17, 15) is 4.79 Å². The number of aromatic nitrogens is 1. The second-order valence-electron chi connectivity index (χ2n) is 5.10. The molecule has 1 aromatic heterocycles. The number of carbonyl (C=O) groups is 1. The predicted molar refractivity (Wildman–Crippen MR) is 87.5 cm³/mol. The predicted octanol–water partition coefficient (Wildman–Crippen LogP) is 5.21. The van der Waals surface area contributed by atoms with Gasteiger partial charge in [0.1, 0.15) is 0 Å². The minimum Gasteiger partial charge on any atom is -0.360 e. The van der Waals surface area contributed by atoms with E-state index in [-0.39, 0.29) is 5.78 Å². The third-order valence-corrected chi connectivity index (χ3v) is 3.96. The second kappa shape index (κ2) is 5.55. The van der Waals surface area contributed by atoms with E-state index >= 15 is 0 Å². The number of H-pyrrole nitrogens is 1. The lowest BCUT2D eigenvalue weighted by Crippen LogP contribution is -2.03. The number of hydrogen-bond donors (Lipinski definition) is 1. The molecular weight excluding hydrogens is 305 g/mol. The summed E-state index contributed by atoms with van der Waals surface area (Å²) in [5, 5.41) is 1.78. The molecule has 1 N–H and O–H groups in total. The summed E-state index contributed by atoms with van der Waals surface area (Å²) in [6.07, 6.45) is 2.05. The zero-order valence-electron chi connectivity index (χ0n) is 11.4. The van der Waals surface area contributed by atoms with Gasteiger partial charge in [0.05, 0.1) is 5.02 Å². The van der Waals surface area contributed by atoms with Crippen molar-refractivity contribution in [2.24, 2.45) is 0 Å². The standard InChI is InChI=1S/C17H13Cl2NO/c1-10-3-2-4-11(5-10)6-16(21)13-9-20-15-8-12(18)7-14(19)17(13)15/h2-5,7-9,20H,6H2,1H3. The van der Waals surface area contributed by atoms with Crippen molar-refractivity contribution in [3.05, 3.63) is 69.3 Å². The van der Waals surface area contributed by atoms with Crippen LogP contribution in [0.3, 0.4) is 0 Å². The molecule has 0 aliphatic heterocycles. The molecular formula is C17H13Cl2NO. The fourth-order valence-corrected chi connectivity index (χ4v) is 3.10. The molecule has 1 heterocycles. The van der Waals surface area contributed by atoms with Crippen molar-refractivity contribution in [1.82, 2.24) is 4.98 Å². The van der Waals surface area contributed by atoms with Gasteiger partial charge in [0.2, 0.25) is 0 Å². The Labute approximate surface area is 132 Å². The molecule has 0 bridgehead atoms. The Balaban J connectivity index is 1.99. The Morgan fingerprint density at radius 1 is 1.19 bits per heavy atom. The zero-order chi connectivity index (χ0) is 15.0. The number of nitrogens with one attached hydrogen (secondary N) is 1. The van der Waals surface area contributed by atoms with Gasteiger partial charge >= 0.3 is 0 Å². The van der Waals surface area contributed by atoms with Crippen molar-refractivity contribution in [2.75, 3.05) is 0 Å². The quantitative estimate of drug-likeness (QED) is 0.661. The van der Waals surface area contributed by atoms with Gasteiger partial charge in [-0.15, -0.1) is 0 Å². The minimum atomic E-state index is 0.0380. The number of aromatic amines is 1. The molecule has 3 rings (SSSR count). The van der Waals surface area contributed by atoms with Crippen LogP contribution in [0.25, 0.3) is 10.9 Å². The molecule has 0 aliphatic rings. The monoisotopic (exact) mass is 317 g/mol. The number of carbonyl (C=O) groups excluding carboxylic acids is 1. The van der Waals surface area contributed by atoms with E-state index in [4.69, 9.17) is 23.2 Å². The van der Waals surface area contributed by atoms with Crippen LogP contribution in [0.2, 0.25) is 10.0 Å². The number of Topliss-reactive ketones (excluding diaryl/α,β-unsaturated/α-hetero) is 1. The molecule has 0 saturated carbocycles. The number of benzene rings is 2. The number of ketones is 1. The molecule has 0 fully saturated rings. The van der Waals surface area contributed by atoms with Crippen LogP contribution >= 0.6 is 23.2 Å². The molecule has 4 heteroatoms. The van der Waals surface area contributed by atoms with E-state index in [2.05, 4.69) is 4.98 Å². The van der Waals surface area contributed by atoms with Crippen LogP contribution in [0.1, 0.15) is 21.5 Å². The highest BCUT2D eigenvalue weighted by atomic mass is 35.5. The maximum Gasteiger partial charge on any atom is 0.169 e. The molecule has 0 saturated heterocycles. The number of fused-ring (bicyclic) bond motifs is 1. The maximum absolute atomic E-state index is 12.5. The van der Waals surface area contributed by atoms with Gasteiger partial charge in [-0.3, -0.25) is 4.79 Å². The average molecular weight is 318 g/mol. The Morgan fingerprint density at radius 2 is 2.00 bits per heavy atom. The zero-order valence-corrected chi connectivity index (χ0v) is 12.9. The highest BCUT2D eigenvalue weighted by Gasteiger charge is 2.15. The first-order valence-corrected chi connectivity index (χ1v) is 7.35. The summed E-state index contributed by atoms with van der Waals surface area (Å²) in [5.41, 5.74) is 3.52. The average Bonchev–Trinajstić information content (AvgIpc) is 2.82. The van der Waals surface area contributed by atoms with E-state index in [1.165, 1.54) is 0 Å². The summed E-state index contributed by atoms with van der Waals surface area (Å²) >= 11 is 12.2. The number of aryl methyl sites for hydroxylation is 1. The number of halogens is 2. The van der Waals surface area contributed by atoms with Crippen LogP contribution in [0.4, 0.5) is 0 Å². The molecule has 0 aliphatic carbocycles. The Morgan fingerprint density at radius 3 is 2.76 bits per heavy atom. The smallest absolute Gasteiger partial charge is 0.169 e. The molecule has 0 unspecified atom stereocenters. The highest BCUT2D eigenvalue weighted by Crippen LogP contribution is 2.31. The largest absolute Gasteiger partial charge is 0.360 e. The fourth-order valence-electron chi connectivity index (χ4n) is 2.51. The molecule has 2 nitrogen and oxygen atoms in total. The topological polar surface area (TPSA) is 32.9 Å². The van der Waals surface area contributed by atoms with Crippen molar-refractivity contribution in [2.45, 2.75) is 13.3 Å². The molecule has 0 amide bonds. The molecule has 0 spiro atoms. The first-order valence-electron chi connectivity index (χ1n) is 6.59. The lowest BCUT2D eigenvalue weighted by molar-refractivity contribution is 0.0994. The molecule has 0 atom stereocenters. The molecule has 3 aromatic rings. The van der Waals surface area contributed by atoms with Gasteiger partial charge < -0.3 is 4.98 Å². The summed E-state index contributed by atoms with van der Waals surface area (Å²) in [6, 6.07) is 11.4. The van der Waals surface area contributed by atoms with Gasteiger partial charge in [-0.05, 0) is 24.6 Å². The van der Waals surface area contributed by atoms with Crippen LogP contribution in [-0.2, 0) is 6.42 Å². The third-order valence-electron chi connectivity index (χ3n) is 3.44. The van der Waals surface area contributed by atoms with Gasteiger partial charge in [-0.2, -0.15) is 0 Å². The van der Waals surface area contributed by atoms with Crippen molar-refractivity contribution in [1.29, 1.82) is 0 Å². The normalized spacial score (nSPS) is 11.0. The lowest BCUT2D eigenvalue weighted by atomic mass is 10.0. The van der Waals surface area contributed by atoms with Crippen molar-refractivity contribution < 1.29 is 4.79 Å². The molecule has 106 valence electrons. The summed E-state index contributed by atoms with van der Waals surface area (Å²) in [6.45, 7) is 2.01. The molecule has 21 heavy (non-hydrogen) atoms. The van der Waals surface area contributed by atoms with Crippen LogP contribution in [0.5, 0.6) is 0 Å². The first-order chi connectivity index (χ1) is 10.0. The Kier molecular flexibility index (Phi) is 3.75. The van der Waals surface area contributed by atoms with Crippen LogP contribution < -0.4 is 0 Å². The van der Waals surface area contributed by atoms with E-state index in [1.807, 2.05) is 31.2 Å². The SMILES string of the molecule is Cc1cccc(CC(=O)c2c[nH]c3cc(Cl)cc(Cl)c23)c1. The summed E-state index contributed by atoms with van der Waals surface area (Å²) in [4.78, 5) is 15.6. The van der Waals surface area contributed by atoms with E-state index in [0.717, 1.165) is 22.0 Å². The van der Waals surface area contributed by atoms with E-state index in [1.54, 1.807) is 18.3 Å². The minimum absolute atomic E-state index is 0.0380. The molecule has 2 aromatic carbocycles. The summed E-state index contributed by atoms with van der Waals surface area (Å²) in [5.74, 6) is 0.0380. The van der Waals surface area contributed by atoms with E-state index < -0.39 is 0 Å². The van der Waals surface area contributed by atoms with Crippen molar-refractivity contribution in [3.8, 4) is 0 Å². The summed E-state index contributed by atoms with van der Waals surface area (Å²) < 4.78 is 0. The van der Waals surface area contributed by atoms with Gasteiger partial charge in [0, 0.05) is 34.1 Å². The third kappa shape index (κ3) is 2.82. The Bertz CT molecular complexity index is 836. The molecule has 0 radical (unpaired) electrons. The van der Waals surface area contributed by atoms with Crippen LogP contribution in [-0.4, -0.2) is 10.8 Å². The number of rotatable bonds is 3. The Hall–Kier alpha value is -1.77. The highest BCUT2D eigenvalue weighted by molar-refractivity contribution is 6.39. The van der Waals surface area contributed by atoms with Crippen molar-refractivity contribution in [3.63, 3.8) is 0 Å².